The summed E-state index contributed by atoms with van der Waals surface area (Å²) in [6.45, 7) is 1.50. The van der Waals surface area contributed by atoms with Gasteiger partial charge in [0.2, 0.25) is 5.91 Å². The number of fused-ring (bicyclic) bond motifs is 1. The van der Waals surface area contributed by atoms with Crippen molar-refractivity contribution in [3.8, 4) is 5.75 Å². The Balaban J connectivity index is 2.18. The normalized spacial score (nSPS) is 11.9. The van der Waals surface area contributed by atoms with Gasteiger partial charge in [-0.2, -0.15) is 0 Å². The summed E-state index contributed by atoms with van der Waals surface area (Å²) in [5.74, 6) is -0.661. The number of anilines is 1. The number of methoxy groups -OCH3 is 1. The molecule has 1 amide bonds. The molecule has 1 unspecified atom stereocenters. The van der Waals surface area contributed by atoms with Crippen LogP contribution in [-0.4, -0.2) is 36.8 Å². The van der Waals surface area contributed by atoms with Gasteiger partial charge in [-0.25, -0.2) is 4.79 Å². The molecule has 0 radical (unpaired) electrons. The van der Waals surface area contributed by atoms with Crippen molar-refractivity contribution in [2.75, 3.05) is 19.0 Å². The first kappa shape index (κ1) is 17.7. The zero-order chi connectivity index (χ0) is 17.5. The molecule has 0 fully saturated rings. The van der Waals surface area contributed by atoms with Gasteiger partial charge in [-0.3, -0.25) is 4.79 Å². The summed E-state index contributed by atoms with van der Waals surface area (Å²) in [5, 5.41) is 13.2. The molecule has 6 heteroatoms. The summed E-state index contributed by atoms with van der Waals surface area (Å²) < 4.78 is 10.4. The van der Waals surface area contributed by atoms with E-state index >= 15 is 0 Å². The zero-order valence-electron chi connectivity index (χ0n) is 13.7. The van der Waals surface area contributed by atoms with Crippen LogP contribution in [0.25, 0.3) is 10.8 Å². The number of carbonyl (C=O) groups excluding carboxylic acids is 1. The molecule has 2 aromatic carbocycles. The van der Waals surface area contributed by atoms with Crippen LogP contribution in [0.3, 0.4) is 0 Å². The minimum atomic E-state index is -1.04. The fourth-order valence-corrected chi connectivity index (χ4v) is 2.31. The lowest BCUT2D eigenvalue weighted by atomic mass is 10.1. The summed E-state index contributed by atoms with van der Waals surface area (Å²) in [7, 11) is 1.62. The fraction of sp³-hybridized carbons (Fsp3) is 0.333. The third-order valence-corrected chi connectivity index (χ3v) is 3.69. The van der Waals surface area contributed by atoms with Gasteiger partial charge in [0.1, 0.15) is 5.75 Å². The molecule has 0 saturated carbocycles. The standard InChI is InChI=1S/C18H21NO5/c1-12(23-2)7-10-17(20)19-15-8-9-16(24-11-18(21)22)14-6-4-3-5-13(14)15/h3-6,8-9,12H,7,10-11H2,1-2H3,(H,19,20)(H,21,22). The van der Waals surface area contributed by atoms with Crippen molar-refractivity contribution >= 4 is 28.3 Å². The maximum atomic E-state index is 12.1. The van der Waals surface area contributed by atoms with Gasteiger partial charge in [-0.05, 0) is 25.5 Å². The first-order chi connectivity index (χ1) is 11.5. The summed E-state index contributed by atoms with van der Waals surface area (Å²) >= 11 is 0. The lowest BCUT2D eigenvalue weighted by molar-refractivity contribution is -0.139. The molecule has 0 aliphatic rings. The monoisotopic (exact) mass is 331 g/mol. The Hall–Kier alpha value is -2.60. The van der Waals surface area contributed by atoms with E-state index in [2.05, 4.69) is 5.32 Å². The van der Waals surface area contributed by atoms with E-state index in [1.165, 1.54) is 0 Å². The first-order valence-corrected chi connectivity index (χ1v) is 7.70. The minimum Gasteiger partial charge on any atom is -0.481 e. The highest BCUT2D eigenvalue weighted by molar-refractivity contribution is 6.04. The van der Waals surface area contributed by atoms with Crippen molar-refractivity contribution < 1.29 is 24.2 Å². The van der Waals surface area contributed by atoms with Crippen LogP contribution in [0.15, 0.2) is 36.4 Å². The highest BCUT2D eigenvalue weighted by atomic mass is 16.5. The molecule has 0 aliphatic heterocycles. The van der Waals surface area contributed by atoms with Crippen LogP contribution in [-0.2, 0) is 14.3 Å². The lowest BCUT2D eigenvalue weighted by Crippen LogP contribution is -2.15. The van der Waals surface area contributed by atoms with E-state index in [1.807, 2.05) is 31.2 Å². The predicted octanol–water partition coefficient (Wildman–Crippen LogP) is 3.06. The quantitative estimate of drug-likeness (QED) is 0.776. The number of amides is 1. The maximum Gasteiger partial charge on any atom is 0.341 e. The molecule has 1 atom stereocenters. The topological polar surface area (TPSA) is 84.9 Å². The Morgan fingerprint density at radius 2 is 1.88 bits per heavy atom. The highest BCUT2D eigenvalue weighted by Gasteiger charge is 2.11. The average molecular weight is 331 g/mol. The number of carboxylic acids is 1. The van der Waals surface area contributed by atoms with Gasteiger partial charge in [0, 0.05) is 30.0 Å². The molecule has 0 heterocycles. The zero-order valence-corrected chi connectivity index (χ0v) is 13.7. The number of hydrogen-bond donors (Lipinski definition) is 2. The van der Waals surface area contributed by atoms with Gasteiger partial charge in [0.05, 0.1) is 6.10 Å². The number of aliphatic carboxylic acids is 1. The second-order valence-electron chi connectivity index (χ2n) is 5.47. The van der Waals surface area contributed by atoms with Gasteiger partial charge in [0.15, 0.2) is 6.61 Å². The second kappa shape index (κ2) is 8.31. The smallest absolute Gasteiger partial charge is 0.341 e. The van der Waals surface area contributed by atoms with Crippen molar-refractivity contribution in [1.82, 2.24) is 0 Å². The van der Waals surface area contributed by atoms with Crippen LogP contribution in [0.1, 0.15) is 19.8 Å². The van der Waals surface area contributed by atoms with E-state index in [1.54, 1.807) is 19.2 Å². The second-order valence-corrected chi connectivity index (χ2v) is 5.47. The van der Waals surface area contributed by atoms with Gasteiger partial charge in [0.25, 0.3) is 0 Å². The molecular formula is C18H21NO5. The van der Waals surface area contributed by atoms with E-state index in [9.17, 15) is 9.59 Å². The molecule has 2 rings (SSSR count). The Kier molecular flexibility index (Phi) is 6.14. The molecule has 2 N–H and O–H groups in total. The molecule has 0 aromatic heterocycles. The van der Waals surface area contributed by atoms with Gasteiger partial charge in [-0.15, -0.1) is 0 Å². The van der Waals surface area contributed by atoms with Crippen LogP contribution >= 0.6 is 0 Å². The fourth-order valence-electron chi connectivity index (χ4n) is 2.31. The number of rotatable bonds is 8. The number of hydrogen-bond acceptors (Lipinski definition) is 4. The van der Waals surface area contributed by atoms with Crippen molar-refractivity contribution in [1.29, 1.82) is 0 Å². The summed E-state index contributed by atoms with van der Waals surface area (Å²) in [4.78, 5) is 22.8. The Morgan fingerprint density at radius 3 is 2.54 bits per heavy atom. The van der Waals surface area contributed by atoms with E-state index in [4.69, 9.17) is 14.6 Å². The number of carbonyl (C=O) groups is 2. The van der Waals surface area contributed by atoms with Gasteiger partial charge in [-0.1, -0.05) is 24.3 Å². The van der Waals surface area contributed by atoms with Crippen LogP contribution < -0.4 is 10.1 Å². The molecule has 128 valence electrons. The van der Waals surface area contributed by atoms with Crippen molar-refractivity contribution in [3.63, 3.8) is 0 Å². The third kappa shape index (κ3) is 4.70. The number of benzene rings is 2. The Morgan fingerprint density at radius 1 is 1.17 bits per heavy atom. The largest absolute Gasteiger partial charge is 0.481 e. The lowest BCUT2D eigenvalue weighted by Gasteiger charge is -2.13. The van der Waals surface area contributed by atoms with E-state index in [0.29, 0.717) is 24.3 Å². The number of ether oxygens (including phenoxy) is 2. The van der Waals surface area contributed by atoms with Gasteiger partial charge >= 0.3 is 5.97 Å². The molecule has 0 bridgehead atoms. The first-order valence-electron chi connectivity index (χ1n) is 7.70. The van der Waals surface area contributed by atoms with Crippen LogP contribution in [0, 0.1) is 0 Å². The molecule has 0 saturated heterocycles. The maximum absolute atomic E-state index is 12.1. The average Bonchev–Trinajstić information content (AvgIpc) is 2.58. The predicted molar refractivity (Wildman–Crippen MR) is 91.4 cm³/mol. The minimum absolute atomic E-state index is 0.0271. The van der Waals surface area contributed by atoms with Gasteiger partial charge < -0.3 is 19.9 Å². The molecular weight excluding hydrogens is 310 g/mol. The van der Waals surface area contributed by atoms with E-state index < -0.39 is 12.6 Å². The van der Waals surface area contributed by atoms with Crippen LogP contribution in [0.4, 0.5) is 5.69 Å². The van der Waals surface area contributed by atoms with Crippen molar-refractivity contribution in [2.24, 2.45) is 0 Å². The SMILES string of the molecule is COC(C)CCC(=O)Nc1ccc(OCC(=O)O)c2ccccc12. The van der Waals surface area contributed by atoms with E-state index in [-0.39, 0.29) is 12.0 Å². The highest BCUT2D eigenvalue weighted by Crippen LogP contribution is 2.31. The van der Waals surface area contributed by atoms with Crippen molar-refractivity contribution in [2.45, 2.75) is 25.9 Å². The molecule has 6 nitrogen and oxygen atoms in total. The molecule has 24 heavy (non-hydrogen) atoms. The molecule has 2 aromatic rings. The molecule has 0 aliphatic carbocycles. The van der Waals surface area contributed by atoms with Crippen molar-refractivity contribution in [3.05, 3.63) is 36.4 Å². The van der Waals surface area contributed by atoms with Crippen LogP contribution in [0.2, 0.25) is 0 Å². The molecule has 0 spiro atoms. The van der Waals surface area contributed by atoms with E-state index in [0.717, 1.165) is 10.8 Å². The number of carboxylic acid groups (broad SMARTS) is 1. The number of nitrogens with one attached hydrogen (secondary N) is 1. The third-order valence-electron chi connectivity index (χ3n) is 3.69. The van der Waals surface area contributed by atoms with Crippen LogP contribution in [0.5, 0.6) is 5.75 Å². The summed E-state index contributed by atoms with van der Waals surface area (Å²) in [6.07, 6.45) is 1.03. The summed E-state index contributed by atoms with van der Waals surface area (Å²) in [5.41, 5.74) is 0.670. The Bertz CT molecular complexity index is 728. The summed E-state index contributed by atoms with van der Waals surface area (Å²) in [6, 6.07) is 10.8. The Labute approximate surface area is 140 Å².